The summed E-state index contributed by atoms with van der Waals surface area (Å²) in [5.74, 6) is -8.04. The highest BCUT2D eigenvalue weighted by molar-refractivity contribution is 6.24. The van der Waals surface area contributed by atoms with Gasteiger partial charge in [0.15, 0.2) is 11.4 Å². The summed E-state index contributed by atoms with van der Waals surface area (Å²) in [5, 5.41) is 45.1. The van der Waals surface area contributed by atoms with Gasteiger partial charge in [0.1, 0.15) is 28.7 Å². The monoisotopic (exact) mass is 557 g/mol. The number of benzene rings is 1. The van der Waals surface area contributed by atoms with Gasteiger partial charge in [0.25, 0.3) is 5.91 Å². The van der Waals surface area contributed by atoms with Crippen molar-refractivity contribution >= 4 is 17.5 Å². The molecule has 6 rings (SSSR count). The van der Waals surface area contributed by atoms with Crippen molar-refractivity contribution in [3.05, 3.63) is 50.7 Å². The summed E-state index contributed by atoms with van der Waals surface area (Å²) in [6, 6.07) is -1.10. The second-order valence-corrected chi connectivity index (χ2v) is 11.7. The fraction of sp³-hybridized carbons (Fsp3) is 0.536. The fourth-order valence-corrected chi connectivity index (χ4v) is 7.49. The molecule has 1 aromatic rings. The summed E-state index contributed by atoms with van der Waals surface area (Å²) in [6.07, 6.45) is 1.69. The first-order chi connectivity index (χ1) is 18.9. The Bertz CT molecular complexity index is 1430. The molecule has 0 aromatic heterocycles. The zero-order chi connectivity index (χ0) is 28.8. The maximum absolute atomic E-state index is 16.0. The SMILES string of the molecule is CN(C)[C@@H]1C(O)=C(C(N)=O)C(=O)[C@@]2(O)C(O)=C3C(=O)c4c(O)c5c(c(F)c4C[C@H]3C[C@@H]12)CN(C[C@@H]1CCCO1)C5. The van der Waals surface area contributed by atoms with Crippen LogP contribution in [0.5, 0.6) is 5.75 Å². The molecule has 0 bridgehead atoms. The molecule has 5 atom stereocenters. The van der Waals surface area contributed by atoms with Crippen LogP contribution in [0.15, 0.2) is 22.7 Å². The van der Waals surface area contributed by atoms with Gasteiger partial charge in [-0.15, -0.1) is 0 Å². The molecule has 1 fully saturated rings. The number of aromatic hydroxyl groups is 1. The van der Waals surface area contributed by atoms with Crippen molar-refractivity contribution in [2.24, 2.45) is 17.6 Å². The predicted octanol–water partition coefficient (Wildman–Crippen LogP) is 0.754. The zero-order valence-corrected chi connectivity index (χ0v) is 22.2. The highest BCUT2D eigenvalue weighted by Gasteiger charge is 2.63. The molecule has 11 nitrogen and oxygen atoms in total. The second kappa shape index (κ2) is 9.10. The minimum absolute atomic E-state index is 0.0160. The van der Waals surface area contributed by atoms with Gasteiger partial charge >= 0.3 is 0 Å². The largest absolute Gasteiger partial charge is 0.510 e. The van der Waals surface area contributed by atoms with E-state index >= 15 is 4.39 Å². The lowest BCUT2D eigenvalue weighted by atomic mass is 9.58. The number of aliphatic hydroxyl groups excluding tert-OH is 2. The van der Waals surface area contributed by atoms with Crippen LogP contribution >= 0.6 is 0 Å². The van der Waals surface area contributed by atoms with Crippen molar-refractivity contribution in [3.63, 3.8) is 0 Å². The number of ketones is 2. The molecule has 12 heteroatoms. The van der Waals surface area contributed by atoms with E-state index < -0.39 is 63.9 Å². The van der Waals surface area contributed by atoms with Crippen LogP contribution in [0.4, 0.5) is 4.39 Å². The van der Waals surface area contributed by atoms with E-state index in [0.29, 0.717) is 24.3 Å². The van der Waals surface area contributed by atoms with Crippen LogP contribution in [0.2, 0.25) is 0 Å². The van der Waals surface area contributed by atoms with Crippen LogP contribution in [0.3, 0.4) is 0 Å². The number of ether oxygens (including phenoxy) is 1. The number of nitrogens with zero attached hydrogens (tertiary/aromatic N) is 2. The molecular weight excluding hydrogens is 525 g/mol. The third-order valence-corrected chi connectivity index (χ3v) is 9.28. The van der Waals surface area contributed by atoms with E-state index in [1.54, 1.807) is 14.1 Å². The molecular formula is C28H32FN3O8. The number of aliphatic hydroxyl groups is 3. The third kappa shape index (κ3) is 3.52. The highest BCUT2D eigenvalue weighted by atomic mass is 19.1. The van der Waals surface area contributed by atoms with Crippen LogP contribution in [0.1, 0.15) is 46.3 Å². The summed E-state index contributed by atoms with van der Waals surface area (Å²) >= 11 is 0. The highest BCUT2D eigenvalue weighted by Crippen LogP contribution is 2.53. The van der Waals surface area contributed by atoms with Crippen molar-refractivity contribution in [3.8, 4) is 5.75 Å². The molecule has 2 heterocycles. The van der Waals surface area contributed by atoms with Crippen molar-refractivity contribution in [2.45, 2.75) is 56.5 Å². The number of hydrogen-bond donors (Lipinski definition) is 5. The van der Waals surface area contributed by atoms with E-state index in [2.05, 4.69) is 0 Å². The molecule has 5 aliphatic rings. The number of carbonyl (C=O) groups is 3. The lowest BCUT2D eigenvalue weighted by Gasteiger charge is -2.50. The first-order valence-electron chi connectivity index (χ1n) is 13.4. The van der Waals surface area contributed by atoms with Crippen LogP contribution in [0.25, 0.3) is 0 Å². The number of primary amides is 1. The van der Waals surface area contributed by atoms with Gasteiger partial charge in [-0.1, -0.05) is 0 Å². The van der Waals surface area contributed by atoms with Gasteiger partial charge in [-0.3, -0.25) is 24.2 Å². The second-order valence-electron chi connectivity index (χ2n) is 11.7. The molecule has 0 radical (unpaired) electrons. The molecule has 40 heavy (non-hydrogen) atoms. The summed E-state index contributed by atoms with van der Waals surface area (Å²) in [6.45, 7) is 1.70. The number of nitrogens with two attached hydrogens (primary N) is 1. The van der Waals surface area contributed by atoms with Crippen molar-refractivity contribution < 1.29 is 43.9 Å². The summed E-state index contributed by atoms with van der Waals surface area (Å²) < 4.78 is 21.7. The maximum atomic E-state index is 16.0. The topological polar surface area (TPSA) is 174 Å². The zero-order valence-electron chi connectivity index (χ0n) is 22.2. The molecule has 1 saturated heterocycles. The van der Waals surface area contributed by atoms with Crippen molar-refractivity contribution in [1.29, 1.82) is 0 Å². The summed E-state index contributed by atoms with van der Waals surface area (Å²) in [4.78, 5) is 42.8. The predicted molar refractivity (Wildman–Crippen MR) is 137 cm³/mol. The molecule has 0 saturated carbocycles. The Morgan fingerprint density at radius 2 is 1.88 bits per heavy atom. The number of phenols is 1. The van der Waals surface area contributed by atoms with Gasteiger partial charge < -0.3 is 30.9 Å². The minimum atomic E-state index is -2.73. The van der Waals surface area contributed by atoms with Crippen molar-refractivity contribution in [1.82, 2.24) is 9.80 Å². The standard InChI is InChI=1S/C28H32FN3O8/c1-31(2)21-16-7-11-6-13-18(22(33)15-10-32(9-14(15)20(13)29)8-12-4-3-5-40-12)23(34)17(11)25(36)28(16,39)26(37)19(24(21)35)27(30)38/h11-12,16,21,33,35-36,39H,3-10H2,1-2H3,(H2,30,38)/t11-,12-,16-,21-,28-/m0/s1. The number of likely N-dealkylation sites (N-methyl/N-ethyl adjacent to an activating group) is 1. The van der Waals surface area contributed by atoms with Crippen molar-refractivity contribution in [2.75, 3.05) is 27.2 Å². The Kier molecular flexibility index (Phi) is 6.11. The average molecular weight is 558 g/mol. The average Bonchev–Trinajstić information content (AvgIpc) is 3.55. The molecule has 6 N–H and O–H groups in total. The van der Waals surface area contributed by atoms with Gasteiger partial charge in [-0.05, 0) is 45.7 Å². The van der Waals surface area contributed by atoms with Crippen LogP contribution in [-0.2, 0) is 33.8 Å². The van der Waals surface area contributed by atoms with Crippen LogP contribution in [0, 0.1) is 17.7 Å². The molecule has 3 aliphatic carbocycles. The Morgan fingerprint density at radius 1 is 1.18 bits per heavy atom. The Labute approximate surface area is 229 Å². The summed E-state index contributed by atoms with van der Waals surface area (Å²) in [5.41, 5.74) is 1.79. The minimum Gasteiger partial charge on any atom is -0.510 e. The first-order valence-corrected chi connectivity index (χ1v) is 13.4. The van der Waals surface area contributed by atoms with Gasteiger partial charge in [-0.25, -0.2) is 4.39 Å². The van der Waals surface area contributed by atoms with Crippen LogP contribution in [-0.4, -0.2) is 92.7 Å². The lowest BCUT2D eigenvalue weighted by molar-refractivity contribution is -0.148. The molecule has 0 unspecified atom stereocenters. The van der Waals surface area contributed by atoms with E-state index in [0.717, 1.165) is 12.8 Å². The number of rotatable bonds is 4. The van der Waals surface area contributed by atoms with E-state index in [1.165, 1.54) is 4.90 Å². The van der Waals surface area contributed by atoms with E-state index in [1.807, 2.05) is 4.90 Å². The Balaban J connectivity index is 1.44. The number of amides is 1. The van der Waals surface area contributed by atoms with Gasteiger partial charge in [-0.2, -0.15) is 0 Å². The molecule has 214 valence electrons. The lowest BCUT2D eigenvalue weighted by Crippen LogP contribution is -2.63. The molecule has 1 amide bonds. The quantitative estimate of drug-likeness (QED) is 0.333. The number of phenolic OH excluding ortho intramolecular Hbond substituents is 1. The number of hydrogen-bond acceptors (Lipinski definition) is 10. The van der Waals surface area contributed by atoms with Gasteiger partial charge in [0.05, 0.1) is 17.7 Å². The molecule has 1 aromatic carbocycles. The smallest absolute Gasteiger partial charge is 0.255 e. The normalized spacial score (nSPS) is 31.9. The number of allylic oxidation sites excluding steroid dienone is 1. The Morgan fingerprint density at radius 3 is 2.50 bits per heavy atom. The van der Waals surface area contributed by atoms with E-state index in [9.17, 15) is 34.8 Å². The first kappa shape index (κ1) is 26.9. The number of halogens is 1. The summed E-state index contributed by atoms with van der Waals surface area (Å²) in [7, 11) is 3.10. The van der Waals surface area contributed by atoms with E-state index in [4.69, 9.17) is 10.5 Å². The number of Topliss-reactive ketones (excluding diaryl/α,β-unsaturated/α-hetero) is 2. The Hall–Kier alpha value is -3.32. The van der Waals surface area contributed by atoms with Gasteiger partial charge in [0.2, 0.25) is 5.78 Å². The van der Waals surface area contributed by atoms with E-state index in [-0.39, 0.29) is 54.5 Å². The fourth-order valence-electron chi connectivity index (χ4n) is 7.49. The number of carbonyl (C=O) groups excluding carboxylic acids is 3. The molecule has 0 spiro atoms. The maximum Gasteiger partial charge on any atom is 0.255 e. The van der Waals surface area contributed by atoms with Crippen LogP contribution < -0.4 is 5.73 Å². The third-order valence-electron chi connectivity index (χ3n) is 9.28. The van der Waals surface area contributed by atoms with Gasteiger partial charge in [0, 0.05) is 54.4 Å². The number of fused-ring (bicyclic) bond motifs is 4. The molecule has 2 aliphatic heterocycles.